The SMILES string of the molecule is NC(=O)C=Cc1c[nH]c2ncc(N3CCN(C(=O)CCCF)CC3)cc12. The number of rotatable bonds is 6. The fourth-order valence-corrected chi connectivity index (χ4v) is 3.09. The van der Waals surface area contributed by atoms with Crippen LogP contribution in [0, 0.1) is 0 Å². The number of alkyl halides is 1. The van der Waals surface area contributed by atoms with Gasteiger partial charge in [-0.25, -0.2) is 4.98 Å². The van der Waals surface area contributed by atoms with Crippen molar-refractivity contribution in [1.29, 1.82) is 0 Å². The van der Waals surface area contributed by atoms with Crippen LogP contribution in [0.5, 0.6) is 0 Å². The van der Waals surface area contributed by atoms with Crippen LogP contribution in [-0.4, -0.2) is 59.5 Å². The average molecular weight is 359 g/mol. The minimum atomic E-state index is -0.503. The van der Waals surface area contributed by atoms with Gasteiger partial charge in [0.2, 0.25) is 11.8 Å². The number of aromatic amines is 1. The molecule has 8 heteroatoms. The molecule has 0 atom stereocenters. The molecule has 0 radical (unpaired) electrons. The molecule has 7 nitrogen and oxygen atoms in total. The number of aromatic nitrogens is 2. The highest BCUT2D eigenvalue weighted by atomic mass is 19.1. The third-order valence-corrected chi connectivity index (χ3v) is 4.50. The summed E-state index contributed by atoms with van der Waals surface area (Å²) in [5.41, 5.74) is 7.69. The van der Waals surface area contributed by atoms with Crippen LogP contribution in [0.3, 0.4) is 0 Å². The van der Waals surface area contributed by atoms with E-state index < -0.39 is 12.6 Å². The summed E-state index contributed by atoms with van der Waals surface area (Å²) >= 11 is 0. The van der Waals surface area contributed by atoms with Gasteiger partial charge in [-0.05, 0) is 18.6 Å². The lowest BCUT2D eigenvalue weighted by Gasteiger charge is -2.36. The number of pyridine rings is 1. The van der Waals surface area contributed by atoms with Gasteiger partial charge in [-0.3, -0.25) is 14.0 Å². The number of halogens is 1. The number of nitrogens with one attached hydrogen (secondary N) is 1. The lowest BCUT2D eigenvalue weighted by molar-refractivity contribution is -0.131. The molecule has 0 aliphatic carbocycles. The van der Waals surface area contributed by atoms with Crippen molar-refractivity contribution < 1.29 is 14.0 Å². The molecule has 138 valence electrons. The summed E-state index contributed by atoms with van der Waals surface area (Å²) in [7, 11) is 0. The molecule has 3 N–H and O–H groups in total. The summed E-state index contributed by atoms with van der Waals surface area (Å²) in [4.78, 5) is 34.4. The molecule has 0 saturated carbocycles. The molecular weight excluding hydrogens is 337 g/mol. The first-order valence-corrected chi connectivity index (χ1v) is 8.62. The van der Waals surface area contributed by atoms with Gasteiger partial charge in [0, 0.05) is 55.8 Å². The Morgan fingerprint density at radius 2 is 2.08 bits per heavy atom. The van der Waals surface area contributed by atoms with Gasteiger partial charge in [0.05, 0.1) is 18.6 Å². The zero-order valence-corrected chi connectivity index (χ0v) is 14.4. The van der Waals surface area contributed by atoms with Gasteiger partial charge in [0.1, 0.15) is 5.65 Å². The second kappa shape index (κ2) is 7.99. The van der Waals surface area contributed by atoms with Crippen LogP contribution in [0.15, 0.2) is 24.5 Å². The standard InChI is InChI=1S/C18H22FN5O2/c19-5-1-2-17(26)24-8-6-23(7-9-24)14-10-15-13(3-4-16(20)25)11-21-18(15)22-12-14/h3-4,10-12H,1-2,5-9H2,(H2,20,25)(H,21,22). The van der Waals surface area contributed by atoms with Crippen LogP contribution in [0.1, 0.15) is 18.4 Å². The van der Waals surface area contributed by atoms with E-state index in [9.17, 15) is 14.0 Å². The molecule has 0 bridgehead atoms. The molecule has 1 aliphatic rings. The van der Waals surface area contributed by atoms with Gasteiger partial charge in [0.25, 0.3) is 0 Å². The lowest BCUT2D eigenvalue weighted by Crippen LogP contribution is -2.48. The fourth-order valence-electron chi connectivity index (χ4n) is 3.09. The van der Waals surface area contributed by atoms with Crippen molar-refractivity contribution >= 4 is 34.6 Å². The van der Waals surface area contributed by atoms with Crippen LogP contribution in [0.4, 0.5) is 10.1 Å². The number of piperazine rings is 1. The molecule has 26 heavy (non-hydrogen) atoms. The van der Waals surface area contributed by atoms with Gasteiger partial charge in [-0.15, -0.1) is 0 Å². The van der Waals surface area contributed by atoms with Crippen LogP contribution in [0.25, 0.3) is 17.1 Å². The zero-order valence-electron chi connectivity index (χ0n) is 14.4. The van der Waals surface area contributed by atoms with E-state index in [1.165, 1.54) is 6.08 Å². The number of hydrogen-bond acceptors (Lipinski definition) is 4. The maximum absolute atomic E-state index is 12.2. The van der Waals surface area contributed by atoms with Crippen molar-refractivity contribution in [3.8, 4) is 0 Å². The summed E-state index contributed by atoms with van der Waals surface area (Å²) < 4.78 is 12.2. The van der Waals surface area contributed by atoms with E-state index >= 15 is 0 Å². The molecule has 0 aromatic carbocycles. The average Bonchev–Trinajstić information content (AvgIpc) is 3.06. The van der Waals surface area contributed by atoms with Crippen LogP contribution in [-0.2, 0) is 9.59 Å². The van der Waals surface area contributed by atoms with E-state index in [1.807, 2.05) is 6.07 Å². The number of nitrogens with two attached hydrogens (primary N) is 1. The Hall–Kier alpha value is -2.90. The number of nitrogens with zero attached hydrogens (tertiary/aromatic N) is 3. The predicted molar refractivity (Wildman–Crippen MR) is 98.3 cm³/mol. The third-order valence-electron chi connectivity index (χ3n) is 4.50. The summed E-state index contributed by atoms with van der Waals surface area (Å²) in [6, 6.07) is 2.01. The van der Waals surface area contributed by atoms with Crippen LogP contribution >= 0.6 is 0 Å². The number of primary amides is 1. The second-order valence-corrected chi connectivity index (χ2v) is 6.23. The topological polar surface area (TPSA) is 95.3 Å². The number of anilines is 1. The van der Waals surface area contributed by atoms with Gasteiger partial charge in [-0.2, -0.15) is 0 Å². The van der Waals surface area contributed by atoms with Gasteiger partial charge >= 0.3 is 0 Å². The molecule has 3 heterocycles. The molecule has 3 rings (SSSR count). The van der Waals surface area contributed by atoms with Crippen molar-refractivity contribution in [1.82, 2.24) is 14.9 Å². The monoisotopic (exact) mass is 359 g/mol. The molecule has 2 aromatic heterocycles. The quantitative estimate of drug-likeness (QED) is 0.764. The smallest absolute Gasteiger partial charge is 0.241 e. The number of fused-ring (bicyclic) bond motifs is 1. The number of H-pyrrole nitrogens is 1. The van der Waals surface area contributed by atoms with Crippen molar-refractivity contribution in [3.63, 3.8) is 0 Å². The fraction of sp³-hybridized carbons (Fsp3) is 0.389. The second-order valence-electron chi connectivity index (χ2n) is 6.23. The van der Waals surface area contributed by atoms with Crippen LogP contribution in [0.2, 0.25) is 0 Å². The first kappa shape index (κ1) is 17.9. The van der Waals surface area contributed by atoms with Gasteiger partial charge < -0.3 is 20.5 Å². The van der Waals surface area contributed by atoms with Gasteiger partial charge in [-0.1, -0.05) is 0 Å². The zero-order chi connectivity index (χ0) is 18.5. The number of amides is 2. The van der Waals surface area contributed by atoms with E-state index in [-0.39, 0.29) is 18.7 Å². The summed E-state index contributed by atoms with van der Waals surface area (Å²) in [5.74, 6) is -0.489. The summed E-state index contributed by atoms with van der Waals surface area (Å²) in [5, 5.41) is 0.904. The Labute approximate surface area is 150 Å². The number of carbonyl (C=O) groups is 2. The molecule has 1 aliphatic heterocycles. The molecule has 2 aromatic rings. The molecular formula is C18H22FN5O2. The minimum Gasteiger partial charge on any atom is -0.367 e. The molecule has 0 unspecified atom stereocenters. The van der Waals surface area contributed by atoms with Crippen LogP contribution < -0.4 is 10.6 Å². The number of carbonyl (C=O) groups excluding carboxylic acids is 2. The van der Waals surface area contributed by atoms with Crippen molar-refractivity contribution in [3.05, 3.63) is 30.1 Å². The largest absolute Gasteiger partial charge is 0.367 e. The third kappa shape index (κ3) is 4.01. The van der Waals surface area contributed by atoms with E-state index in [1.54, 1.807) is 23.4 Å². The normalized spacial score (nSPS) is 15.1. The lowest BCUT2D eigenvalue weighted by atomic mass is 10.1. The molecule has 1 fully saturated rings. The Kier molecular flexibility index (Phi) is 5.50. The van der Waals surface area contributed by atoms with Gasteiger partial charge in [0.15, 0.2) is 0 Å². The van der Waals surface area contributed by atoms with Crippen molar-refractivity contribution in [2.24, 2.45) is 5.73 Å². The van der Waals surface area contributed by atoms with E-state index in [4.69, 9.17) is 5.73 Å². The van der Waals surface area contributed by atoms with Crippen molar-refractivity contribution in [2.75, 3.05) is 37.8 Å². The summed E-state index contributed by atoms with van der Waals surface area (Å²) in [6.45, 7) is 2.17. The first-order valence-electron chi connectivity index (χ1n) is 8.62. The Morgan fingerprint density at radius 1 is 1.31 bits per heavy atom. The van der Waals surface area contributed by atoms with Crippen molar-refractivity contribution in [2.45, 2.75) is 12.8 Å². The van der Waals surface area contributed by atoms with E-state index in [2.05, 4.69) is 14.9 Å². The Morgan fingerprint density at radius 3 is 2.77 bits per heavy atom. The number of hydrogen-bond donors (Lipinski definition) is 2. The minimum absolute atomic E-state index is 0.0142. The van der Waals surface area contributed by atoms with E-state index in [0.29, 0.717) is 26.2 Å². The maximum atomic E-state index is 12.2. The summed E-state index contributed by atoms with van der Waals surface area (Å²) in [6.07, 6.45) is 7.10. The Balaban J connectivity index is 1.70. The highest BCUT2D eigenvalue weighted by Crippen LogP contribution is 2.24. The Bertz CT molecular complexity index is 824. The highest BCUT2D eigenvalue weighted by molar-refractivity contribution is 5.95. The molecule has 0 spiro atoms. The molecule has 2 amide bonds. The first-order chi connectivity index (χ1) is 12.6. The maximum Gasteiger partial charge on any atom is 0.241 e. The molecule has 1 saturated heterocycles. The van der Waals surface area contributed by atoms with E-state index in [0.717, 1.165) is 22.3 Å². The predicted octanol–water partition coefficient (Wildman–Crippen LogP) is 1.46. The highest BCUT2D eigenvalue weighted by Gasteiger charge is 2.21.